The van der Waals surface area contributed by atoms with Crippen LogP contribution in [0.2, 0.25) is 10.0 Å². The number of halogens is 4. The number of nitrogen functional groups attached to an aromatic ring is 1. The summed E-state index contributed by atoms with van der Waals surface area (Å²) in [5, 5.41) is 10.4. The van der Waals surface area contributed by atoms with Gasteiger partial charge in [-0.15, -0.1) is 0 Å². The van der Waals surface area contributed by atoms with Crippen LogP contribution in [-0.2, 0) is 0 Å². The summed E-state index contributed by atoms with van der Waals surface area (Å²) >= 11 is 11.4. The van der Waals surface area contributed by atoms with Crippen LogP contribution in [0, 0.1) is 21.7 Å². The second kappa shape index (κ2) is 5.66. The number of nitrogens with zero attached hydrogens (tertiary/aromatic N) is 2. The topological polar surface area (TPSA) is 91.3 Å². The largest absolute Gasteiger partial charge is 0.434 e. The maximum atomic E-state index is 13.7. The number of anilines is 1. The third-order valence-corrected chi connectivity index (χ3v) is 2.90. The molecule has 0 aliphatic rings. The number of nitro groups is 1. The maximum Gasteiger partial charge on any atom is 0.307 e. The fraction of sp³-hybridized carbons (Fsp3) is 0. The van der Waals surface area contributed by atoms with Gasteiger partial charge in [-0.1, -0.05) is 23.2 Å². The Balaban J connectivity index is 2.43. The minimum atomic E-state index is -1.27. The Bertz CT molecular complexity index is 743. The molecule has 0 aliphatic heterocycles. The van der Waals surface area contributed by atoms with Gasteiger partial charge in [0.2, 0.25) is 11.7 Å². The minimum absolute atomic E-state index is 0.0581. The number of rotatable bonds is 3. The van der Waals surface area contributed by atoms with Crippen molar-refractivity contribution in [3.8, 4) is 11.6 Å². The summed E-state index contributed by atoms with van der Waals surface area (Å²) in [6.07, 6.45) is 0. The van der Waals surface area contributed by atoms with Gasteiger partial charge in [0.15, 0.2) is 11.6 Å². The molecule has 1 heterocycles. The average Bonchev–Trinajstić information content (AvgIpc) is 2.39. The maximum absolute atomic E-state index is 13.7. The Morgan fingerprint density at radius 1 is 1.19 bits per heavy atom. The van der Waals surface area contributed by atoms with E-state index in [-0.39, 0.29) is 21.7 Å². The Morgan fingerprint density at radius 3 is 2.48 bits per heavy atom. The van der Waals surface area contributed by atoms with E-state index in [1.807, 2.05) is 0 Å². The second-order valence-electron chi connectivity index (χ2n) is 3.74. The van der Waals surface area contributed by atoms with E-state index in [1.165, 1.54) is 6.07 Å². The van der Waals surface area contributed by atoms with Crippen LogP contribution in [0.25, 0.3) is 0 Å². The van der Waals surface area contributed by atoms with Gasteiger partial charge < -0.3 is 10.5 Å². The average molecular weight is 336 g/mol. The van der Waals surface area contributed by atoms with Crippen LogP contribution >= 0.6 is 23.2 Å². The van der Waals surface area contributed by atoms with Crippen LogP contribution < -0.4 is 10.5 Å². The molecule has 2 N–H and O–H groups in total. The zero-order valence-corrected chi connectivity index (χ0v) is 11.5. The third kappa shape index (κ3) is 3.11. The first-order valence-electron chi connectivity index (χ1n) is 5.22. The first-order chi connectivity index (χ1) is 9.79. The van der Waals surface area contributed by atoms with E-state index in [0.717, 1.165) is 0 Å². The molecular formula is C11H5Cl2F2N3O3. The van der Waals surface area contributed by atoms with Crippen LogP contribution in [-0.4, -0.2) is 9.91 Å². The highest BCUT2D eigenvalue weighted by Crippen LogP contribution is 2.34. The molecule has 21 heavy (non-hydrogen) atoms. The van der Waals surface area contributed by atoms with Crippen molar-refractivity contribution >= 4 is 34.7 Å². The molecule has 1 aromatic carbocycles. The van der Waals surface area contributed by atoms with Crippen LogP contribution in [0.15, 0.2) is 18.2 Å². The van der Waals surface area contributed by atoms with Gasteiger partial charge in [0.25, 0.3) is 0 Å². The van der Waals surface area contributed by atoms with Gasteiger partial charge in [-0.25, -0.2) is 4.39 Å². The van der Waals surface area contributed by atoms with Crippen molar-refractivity contribution in [2.24, 2.45) is 0 Å². The molecular weight excluding hydrogens is 331 g/mol. The van der Waals surface area contributed by atoms with Crippen LogP contribution in [0.4, 0.5) is 20.3 Å². The number of ether oxygens (including phenoxy) is 1. The molecule has 0 radical (unpaired) electrons. The van der Waals surface area contributed by atoms with Crippen molar-refractivity contribution in [1.29, 1.82) is 0 Å². The van der Waals surface area contributed by atoms with Crippen molar-refractivity contribution in [2.75, 3.05) is 5.73 Å². The molecule has 10 heteroatoms. The van der Waals surface area contributed by atoms with Crippen LogP contribution in [0.3, 0.4) is 0 Å². The Hall–Kier alpha value is -2.19. The molecule has 110 valence electrons. The lowest BCUT2D eigenvalue weighted by Crippen LogP contribution is -1.99. The second-order valence-corrected chi connectivity index (χ2v) is 4.55. The summed E-state index contributed by atoms with van der Waals surface area (Å²) in [7, 11) is 0. The third-order valence-electron chi connectivity index (χ3n) is 2.33. The van der Waals surface area contributed by atoms with Crippen molar-refractivity contribution in [2.45, 2.75) is 0 Å². The summed E-state index contributed by atoms with van der Waals surface area (Å²) < 4.78 is 32.1. The number of pyridine rings is 1. The molecule has 0 bridgehead atoms. The van der Waals surface area contributed by atoms with E-state index in [1.54, 1.807) is 0 Å². The van der Waals surface area contributed by atoms with E-state index in [0.29, 0.717) is 12.1 Å². The van der Waals surface area contributed by atoms with Crippen LogP contribution in [0.5, 0.6) is 11.6 Å². The summed E-state index contributed by atoms with van der Waals surface area (Å²) in [5.41, 5.74) is 4.42. The van der Waals surface area contributed by atoms with Crippen molar-refractivity contribution in [3.05, 3.63) is 50.0 Å². The lowest BCUT2D eigenvalue weighted by atomic mass is 10.3. The first kappa shape index (κ1) is 15.2. The van der Waals surface area contributed by atoms with Gasteiger partial charge in [-0.3, -0.25) is 10.1 Å². The van der Waals surface area contributed by atoms with Crippen molar-refractivity contribution in [3.63, 3.8) is 0 Å². The first-order valence-corrected chi connectivity index (χ1v) is 5.98. The predicted octanol–water partition coefficient (Wildman–Crippen LogP) is 3.95. The van der Waals surface area contributed by atoms with Gasteiger partial charge in [0.1, 0.15) is 10.8 Å². The number of hydrogen-bond donors (Lipinski definition) is 1. The predicted molar refractivity (Wildman–Crippen MR) is 71.8 cm³/mol. The molecule has 0 fully saturated rings. The lowest BCUT2D eigenvalue weighted by Gasteiger charge is -2.09. The molecule has 1 aromatic heterocycles. The zero-order valence-electron chi connectivity index (χ0n) is 9.94. The van der Waals surface area contributed by atoms with Gasteiger partial charge in [-0.05, 0) is 6.07 Å². The number of hydrogen-bond acceptors (Lipinski definition) is 5. The van der Waals surface area contributed by atoms with Gasteiger partial charge in [0, 0.05) is 6.07 Å². The molecule has 0 aliphatic carbocycles. The zero-order chi connectivity index (χ0) is 15.7. The van der Waals surface area contributed by atoms with Crippen molar-refractivity contribution in [1.82, 2.24) is 4.98 Å². The summed E-state index contributed by atoms with van der Waals surface area (Å²) in [6, 6.07) is 2.11. The van der Waals surface area contributed by atoms with Crippen molar-refractivity contribution < 1.29 is 18.4 Å². The molecule has 0 spiro atoms. The number of aromatic nitrogens is 1. The molecule has 0 atom stereocenters. The van der Waals surface area contributed by atoms with Gasteiger partial charge in [-0.2, -0.15) is 9.37 Å². The number of nitro benzene ring substituents is 1. The number of benzene rings is 1. The normalized spacial score (nSPS) is 10.5. The lowest BCUT2D eigenvalue weighted by molar-refractivity contribution is -0.387. The highest BCUT2D eigenvalue weighted by atomic mass is 35.5. The quantitative estimate of drug-likeness (QED) is 0.677. The van der Waals surface area contributed by atoms with E-state index in [2.05, 4.69) is 4.98 Å². The highest BCUT2D eigenvalue weighted by molar-refractivity contribution is 6.36. The smallest absolute Gasteiger partial charge is 0.307 e. The van der Waals surface area contributed by atoms with E-state index < -0.39 is 28.0 Å². The SMILES string of the molecule is Nc1nc(Oc2cc(F)c([N+](=O)[O-])cc2F)c(Cl)cc1Cl. The van der Waals surface area contributed by atoms with Crippen LogP contribution in [0.1, 0.15) is 0 Å². The summed E-state index contributed by atoms with van der Waals surface area (Å²) in [4.78, 5) is 13.1. The fourth-order valence-electron chi connectivity index (χ4n) is 1.38. The molecule has 0 amide bonds. The molecule has 0 unspecified atom stereocenters. The Kier molecular flexibility index (Phi) is 4.10. The molecule has 6 nitrogen and oxygen atoms in total. The Labute approximate surface area is 126 Å². The molecule has 2 rings (SSSR count). The molecule has 0 saturated heterocycles. The molecule has 0 saturated carbocycles. The highest BCUT2D eigenvalue weighted by Gasteiger charge is 2.21. The monoisotopic (exact) mass is 335 g/mol. The Morgan fingerprint density at radius 2 is 1.86 bits per heavy atom. The standard InChI is InChI=1S/C11H5Cl2F2N3O3/c12-4-1-5(13)11(17-10(4)16)21-9-3-6(14)8(18(19)20)2-7(9)15/h1-3H,(H2,16,17). The summed E-state index contributed by atoms with van der Waals surface area (Å²) in [5.74, 6) is -3.50. The van der Waals surface area contributed by atoms with Gasteiger partial charge in [0.05, 0.1) is 16.0 Å². The summed E-state index contributed by atoms with van der Waals surface area (Å²) in [6.45, 7) is 0. The minimum Gasteiger partial charge on any atom is -0.434 e. The van der Waals surface area contributed by atoms with Gasteiger partial charge >= 0.3 is 5.69 Å². The fourth-order valence-corrected chi connectivity index (χ4v) is 1.77. The molecule has 2 aromatic rings. The van der Waals surface area contributed by atoms with E-state index in [4.69, 9.17) is 33.7 Å². The van der Waals surface area contributed by atoms with E-state index in [9.17, 15) is 18.9 Å². The number of nitrogens with two attached hydrogens (primary N) is 1. The van der Waals surface area contributed by atoms with E-state index >= 15 is 0 Å².